The third-order valence-electron chi connectivity index (χ3n) is 7.77. The summed E-state index contributed by atoms with van der Waals surface area (Å²) in [7, 11) is 1.54. The van der Waals surface area contributed by atoms with Crippen LogP contribution in [0.3, 0.4) is 0 Å². The molecule has 1 atom stereocenters. The van der Waals surface area contributed by atoms with Gasteiger partial charge in [0.1, 0.15) is 0 Å². The van der Waals surface area contributed by atoms with Gasteiger partial charge < -0.3 is 18.8 Å². The number of esters is 1. The molecule has 11 nitrogen and oxygen atoms in total. The van der Waals surface area contributed by atoms with Crippen LogP contribution in [0, 0.1) is 30.9 Å². The molecular weight excluding hydrogens is 608 g/mol. The number of ether oxygens (including phenoxy) is 3. The van der Waals surface area contributed by atoms with Crippen molar-refractivity contribution < 1.29 is 23.9 Å². The lowest BCUT2D eigenvalue weighted by Crippen LogP contribution is -2.40. The molecule has 0 bridgehead atoms. The van der Waals surface area contributed by atoms with E-state index in [0.29, 0.717) is 32.1 Å². The number of benzene rings is 2. The first-order valence-corrected chi connectivity index (χ1v) is 15.7. The lowest BCUT2D eigenvalue weighted by molar-refractivity contribution is -0.384. The molecular formula is C34H36N4O7S. The molecule has 4 aromatic rings. The van der Waals surface area contributed by atoms with E-state index in [2.05, 4.69) is 4.99 Å². The number of aromatic nitrogens is 2. The van der Waals surface area contributed by atoms with Crippen molar-refractivity contribution in [1.29, 1.82) is 0 Å². The molecule has 0 saturated heterocycles. The Balaban J connectivity index is 1.68. The second-order valence-electron chi connectivity index (χ2n) is 11.3. The van der Waals surface area contributed by atoms with Crippen molar-refractivity contribution >= 4 is 29.1 Å². The lowest BCUT2D eigenvalue weighted by Gasteiger charge is -2.25. The molecule has 2 aromatic carbocycles. The number of rotatable bonds is 9. The number of nitro benzene ring substituents is 1. The molecule has 46 heavy (non-hydrogen) atoms. The van der Waals surface area contributed by atoms with E-state index in [-0.39, 0.29) is 29.5 Å². The predicted octanol–water partition coefficient (Wildman–Crippen LogP) is 5.22. The van der Waals surface area contributed by atoms with Crippen LogP contribution in [-0.2, 0) is 9.53 Å². The fraction of sp³-hybridized carbons (Fsp3) is 0.324. The van der Waals surface area contributed by atoms with Crippen molar-refractivity contribution in [1.82, 2.24) is 9.13 Å². The fourth-order valence-electron chi connectivity index (χ4n) is 5.76. The Morgan fingerprint density at radius 2 is 1.85 bits per heavy atom. The first kappa shape index (κ1) is 32.4. The second kappa shape index (κ2) is 12.8. The molecule has 0 radical (unpaired) electrons. The Morgan fingerprint density at radius 3 is 2.48 bits per heavy atom. The molecule has 5 rings (SSSR count). The summed E-state index contributed by atoms with van der Waals surface area (Å²) < 4.78 is 21.0. The molecule has 1 aliphatic rings. The maximum absolute atomic E-state index is 14.2. The largest absolute Gasteiger partial charge is 0.493 e. The second-order valence-corrected chi connectivity index (χ2v) is 12.3. The Hall–Kier alpha value is -4.97. The Kier molecular flexibility index (Phi) is 9.02. The summed E-state index contributed by atoms with van der Waals surface area (Å²) in [4.78, 5) is 43.5. The molecule has 0 aliphatic carbocycles. The van der Waals surface area contributed by atoms with Gasteiger partial charge in [0.25, 0.3) is 11.2 Å². The van der Waals surface area contributed by atoms with Crippen molar-refractivity contribution in [2.24, 2.45) is 4.99 Å². The number of allylic oxidation sites excluding steroid dienone is 1. The Bertz CT molecular complexity index is 2080. The molecule has 0 spiro atoms. The van der Waals surface area contributed by atoms with Crippen molar-refractivity contribution in [3.05, 3.63) is 112 Å². The number of hydrogen-bond acceptors (Lipinski definition) is 9. The van der Waals surface area contributed by atoms with Gasteiger partial charge in [-0.05, 0) is 95.5 Å². The summed E-state index contributed by atoms with van der Waals surface area (Å²) in [6.07, 6.45) is 1.74. The van der Waals surface area contributed by atoms with Crippen LogP contribution in [0.4, 0.5) is 5.69 Å². The monoisotopic (exact) mass is 644 g/mol. The van der Waals surface area contributed by atoms with Gasteiger partial charge in [0.2, 0.25) is 0 Å². The molecule has 0 unspecified atom stereocenters. The van der Waals surface area contributed by atoms with Gasteiger partial charge in [-0.3, -0.25) is 19.5 Å². The molecule has 0 N–H and O–H groups in total. The number of carbonyl (C=O) groups is 1. The molecule has 3 heterocycles. The van der Waals surface area contributed by atoms with Gasteiger partial charge in [0, 0.05) is 29.2 Å². The van der Waals surface area contributed by atoms with Crippen LogP contribution in [0.1, 0.15) is 61.8 Å². The zero-order valence-electron chi connectivity index (χ0n) is 27.0. The van der Waals surface area contributed by atoms with E-state index in [1.807, 2.05) is 57.4 Å². The van der Waals surface area contributed by atoms with Gasteiger partial charge in [0.05, 0.1) is 46.6 Å². The number of carbonyl (C=O) groups excluding carboxylic acids is 1. The van der Waals surface area contributed by atoms with Crippen LogP contribution in [-0.4, -0.2) is 39.8 Å². The summed E-state index contributed by atoms with van der Waals surface area (Å²) in [5, 5.41) is 11.3. The highest BCUT2D eigenvalue weighted by Crippen LogP contribution is 2.36. The lowest BCUT2D eigenvalue weighted by atomic mass is 9.95. The smallest absolute Gasteiger partial charge is 0.338 e. The highest BCUT2D eigenvalue weighted by molar-refractivity contribution is 7.07. The van der Waals surface area contributed by atoms with E-state index >= 15 is 0 Å². The quantitative estimate of drug-likeness (QED) is 0.139. The van der Waals surface area contributed by atoms with E-state index in [1.165, 1.54) is 22.0 Å². The van der Waals surface area contributed by atoms with E-state index in [0.717, 1.165) is 28.2 Å². The number of fused-ring (bicyclic) bond motifs is 1. The molecule has 0 fully saturated rings. The van der Waals surface area contributed by atoms with Gasteiger partial charge in [-0.2, -0.15) is 0 Å². The van der Waals surface area contributed by atoms with Gasteiger partial charge >= 0.3 is 5.97 Å². The number of methoxy groups -OCH3 is 1. The summed E-state index contributed by atoms with van der Waals surface area (Å²) in [5.41, 5.74) is 5.25. The first-order valence-electron chi connectivity index (χ1n) is 14.8. The Labute approximate surface area is 269 Å². The Morgan fingerprint density at radius 1 is 1.11 bits per heavy atom. The summed E-state index contributed by atoms with van der Waals surface area (Å²) >= 11 is 1.24. The number of aryl methyl sites for hydroxylation is 2. The van der Waals surface area contributed by atoms with Crippen molar-refractivity contribution in [2.75, 3.05) is 13.7 Å². The number of nitro groups is 1. The van der Waals surface area contributed by atoms with Gasteiger partial charge in [-0.15, -0.1) is 0 Å². The highest BCUT2D eigenvalue weighted by Gasteiger charge is 2.34. The van der Waals surface area contributed by atoms with Crippen LogP contribution in [0.2, 0.25) is 0 Å². The average Bonchev–Trinajstić information content (AvgIpc) is 3.45. The highest BCUT2D eigenvalue weighted by atomic mass is 32.1. The van der Waals surface area contributed by atoms with Crippen LogP contribution in [0.5, 0.6) is 11.5 Å². The van der Waals surface area contributed by atoms with Crippen LogP contribution in [0.25, 0.3) is 11.8 Å². The minimum atomic E-state index is -0.811. The van der Waals surface area contributed by atoms with Crippen LogP contribution in [0.15, 0.2) is 63.5 Å². The number of non-ortho nitro benzene ring substituents is 1. The van der Waals surface area contributed by atoms with E-state index in [9.17, 15) is 19.7 Å². The average molecular weight is 645 g/mol. The molecule has 1 aliphatic heterocycles. The van der Waals surface area contributed by atoms with Crippen molar-refractivity contribution in [2.45, 2.75) is 60.6 Å². The van der Waals surface area contributed by atoms with Crippen LogP contribution < -0.4 is 24.4 Å². The normalized spacial score (nSPS) is 14.7. The SMILES string of the molecule is CCOC(=O)C1=C(C)N=c2s/c(=C\c3cc(C)n(-c4ccc([N+](=O)[O-])cc4C)c3C)c(=O)n2[C@@H]1c1ccc(OC(C)C)c(OC)c1. The van der Waals surface area contributed by atoms with E-state index in [1.54, 1.807) is 45.2 Å². The van der Waals surface area contributed by atoms with Crippen LogP contribution >= 0.6 is 11.3 Å². The summed E-state index contributed by atoms with van der Waals surface area (Å²) in [5.74, 6) is 0.470. The molecule has 0 saturated carbocycles. The zero-order valence-corrected chi connectivity index (χ0v) is 27.9. The van der Waals surface area contributed by atoms with Gasteiger partial charge in [-0.1, -0.05) is 17.4 Å². The number of hydrogen-bond donors (Lipinski definition) is 0. The number of thiazole rings is 1. The van der Waals surface area contributed by atoms with Crippen molar-refractivity contribution in [3.8, 4) is 17.2 Å². The van der Waals surface area contributed by atoms with E-state index < -0.39 is 16.9 Å². The minimum Gasteiger partial charge on any atom is -0.493 e. The fourth-order valence-corrected chi connectivity index (χ4v) is 6.80. The van der Waals surface area contributed by atoms with Crippen molar-refractivity contribution in [3.63, 3.8) is 0 Å². The third kappa shape index (κ3) is 5.87. The molecule has 2 aromatic heterocycles. The zero-order chi connectivity index (χ0) is 33.4. The van der Waals surface area contributed by atoms with E-state index in [4.69, 9.17) is 14.2 Å². The standard InChI is InChI=1S/C34H36N4O7S/c1-9-44-33(40)30-21(6)35-34-37(31(30)23-10-13-27(45-18(2)3)28(16-23)43-8)32(39)29(46-34)17-24-15-20(5)36(22(24)7)26-12-11-25(38(41)42)14-19(26)4/h10-18,31H,9H2,1-8H3/b29-17-/t31-/m1/s1. The minimum absolute atomic E-state index is 0.0248. The maximum Gasteiger partial charge on any atom is 0.338 e. The molecule has 240 valence electrons. The summed E-state index contributed by atoms with van der Waals surface area (Å²) in [6.45, 7) is 13.2. The number of nitrogens with zero attached hydrogens (tertiary/aromatic N) is 4. The van der Waals surface area contributed by atoms with Gasteiger partial charge in [-0.25, -0.2) is 9.79 Å². The molecule has 0 amide bonds. The van der Waals surface area contributed by atoms with Gasteiger partial charge in [0.15, 0.2) is 16.3 Å². The maximum atomic E-state index is 14.2. The topological polar surface area (TPSA) is 127 Å². The molecule has 12 heteroatoms. The first-order chi connectivity index (χ1) is 21.9. The third-order valence-corrected chi connectivity index (χ3v) is 8.76. The predicted molar refractivity (Wildman–Crippen MR) is 176 cm³/mol. The summed E-state index contributed by atoms with van der Waals surface area (Å²) in [6, 6.07) is 11.3.